The molecule has 2 aliphatic carbocycles. The van der Waals surface area contributed by atoms with Crippen LogP contribution in [-0.2, 0) is 36.5 Å². The average Bonchev–Trinajstić information content (AvgIpc) is 3.96. The zero-order chi connectivity index (χ0) is 53.2. The van der Waals surface area contributed by atoms with Crippen LogP contribution < -0.4 is 26.0 Å². The molecule has 3 aromatic carbocycles. The van der Waals surface area contributed by atoms with Crippen molar-refractivity contribution in [2.45, 2.75) is 114 Å². The Morgan fingerprint density at radius 3 is 2.43 bits per heavy atom. The predicted molar refractivity (Wildman–Crippen MR) is 273 cm³/mol. The van der Waals surface area contributed by atoms with E-state index in [-0.39, 0.29) is 106 Å². The third kappa shape index (κ3) is 9.17. The van der Waals surface area contributed by atoms with Gasteiger partial charge in [0.05, 0.1) is 18.0 Å². The molecule has 1 saturated carbocycles. The van der Waals surface area contributed by atoms with E-state index >= 15 is 17.6 Å². The lowest BCUT2D eigenvalue weighted by atomic mass is 9.75. The van der Waals surface area contributed by atoms with Crippen LogP contribution in [0.4, 0.5) is 28.2 Å². The fourth-order valence-corrected chi connectivity index (χ4v) is 13.3. The van der Waals surface area contributed by atoms with Crippen molar-refractivity contribution in [2.24, 2.45) is 24.6 Å². The predicted octanol–water partition coefficient (Wildman–Crippen LogP) is 7.28. The number of aryl methyl sites for hydroxylation is 1. The summed E-state index contributed by atoms with van der Waals surface area (Å²) < 4.78 is 84.7. The Morgan fingerprint density at radius 1 is 0.974 bits per heavy atom. The number of likely N-dealkylation sites (tertiary alicyclic amines) is 2. The molecule has 76 heavy (non-hydrogen) atoms. The molecular formula is C57H64F4N8O7. The monoisotopic (exact) mass is 1050 g/mol. The van der Waals surface area contributed by atoms with E-state index in [0.717, 1.165) is 32.2 Å². The van der Waals surface area contributed by atoms with Crippen LogP contribution in [0.25, 0.3) is 16.5 Å². The van der Waals surface area contributed by atoms with Crippen LogP contribution in [-0.4, -0.2) is 121 Å². The number of aromatic nitrogens is 2. The van der Waals surface area contributed by atoms with E-state index in [2.05, 4.69) is 32.8 Å². The maximum Gasteiger partial charge on any atom is 0.323 e. The lowest BCUT2D eigenvalue weighted by molar-refractivity contribution is -0.138. The molecule has 15 nitrogen and oxygen atoms in total. The van der Waals surface area contributed by atoms with Gasteiger partial charge in [0.2, 0.25) is 11.8 Å². The first-order chi connectivity index (χ1) is 36.6. The number of aldehydes is 1. The Bertz CT molecular complexity index is 3020. The number of carbonyl (C=O) groups is 4. The highest BCUT2D eigenvalue weighted by Gasteiger charge is 2.51. The molecule has 4 saturated heterocycles. The number of ether oxygens (including phenoxy) is 3. The zero-order valence-corrected chi connectivity index (χ0v) is 43.1. The number of halogens is 4. The Balaban J connectivity index is 0.690. The smallest absolute Gasteiger partial charge is 0.323 e. The fourth-order valence-electron chi connectivity index (χ4n) is 13.3. The van der Waals surface area contributed by atoms with Crippen molar-refractivity contribution in [1.82, 2.24) is 30.2 Å². The van der Waals surface area contributed by atoms with Crippen molar-refractivity contribution in [3.63, 3.8) is 0 Å². The van der Waals surface area contributed by atoms with E-state index < -0.39 is 58.9 Å². The van der Waals surface area contributed by atoms with Gasteiger partial charge >= 0.3 is 6.03 Å². The molecule has 4 N–H and O–H groups in total. The van der Waals surface area contributed by atoms with Gasteiger partial charge in [0.25, 0.3) is 0 Å². The van der Waals surface area contributed by atoms with Crippen LogP contribution in [0.3, 0.4) is 0 Å². The number of nitrogens with zero attached hydrogens (tertiary/aromatic N) is 5. The maximum atomic E-state index is 16.7. The minimum atomic E-state index is -1.13. The molecule has 0 radical (unpaired) electrons. The zero-order valence-electron chi connectivity index (χ0n) is 43.1. The van der Waals surface area contributed by atoms with Gasteiger partial charge in [-0.1, -0.05) is 25.1 Å². The minimum absolute atomic E-state index is 0.00425. The van der Waals surface area contributed by atoms with Crippen LogP contribution >= 0.6 is 0 Å². The number of anilines is 1. The summed E-state index contributed by atoms with van der Waals surface area (Å²) in [5.41, 5.74) is 6.45. The van der Waals surface area contributed by atoms with Crippen molar-refractivity contribution in [3.05, 3.63) is 105 Å². The first-order valence-electron chi connectivity index (χ1n) is 26.9. The summed E-state index contributed by atoms with van der Waals surface area (Å²) >= 11 is 0. The highest BCUT2D eigenvalue weighted by atomic mass is 19.1. The number of piperidine rings is 2. The second kappa shape index (κ2) is 20.8. The average molecular weight is 1050 g/mol. The summed E-state index contributed by atoms with van der Waals surface area (Å²) in [4.78, 5) is 56.8. The Morgan fingerprint density at radius 2 is 1.74 bits per heavy atom. The molecule has 6 heterocycles. The molecule has 7 aliphatic rings. The van der Waals surface area contributed by atoms with Crippen LogP contribution in [0.1, 0.15) is 111 Å². The summed E-state index contributed by atoms with van der Waals surface area (Å²) in [6.45, 7) is 7.99. The third-order valence-corrected chi connectivity index (χ3v) is 17.5. The first-order valence-corrected chi connectivity index (χ1v) is 26.9. The van der Waals surface area contributed by atoms with Crippen molar-refractivity contribution in [2.75, 3.05) is 63.9 Å². The number of allylic oxidation sites excluding steroid dienone is 2. The van der Waals surface area contributed by atoms with E-state index in [1.54, 1.807) is 20.0 Å². The normalized spacial score (nSPS) is 26.7. The lowest BCUT2D eigenvalue weighted by Crippen LogP contribution is -2.52. The topological polar surface area (TPSA) is 174 Å². The van der Waals surface area contributed by atoms with Gasteiger partial charge in [0.1, 0.15) is 41.9 Å². The SMILES string of the molecule is Cc1c(F)cc2c(c1C1=C(C(N)=O)CC3OCCOC3=C1F)C(C)C(CNC1CCC(C(=O)N3CCC(CN4CCC(c5c(F)cc6c(N7CCC(C=O)NC7=O)nn(C)c6c5F)CC4)CC3)CC1)(c1c#cccc1)O2. The largest absolute Gasteiger partial charge is 0.490 e. The van der Waals surface area contributed by atoms with Crippen molar-refractivity contribution in [3.8, 4) is 5.75 Å². The van der Waals surface area contributed by atoms with E-state index in [1.165, 1.54) is 21.7 Å². The Labute approximate surface area is 439 Å². The molecule has 4 unspecified atom stereocenters. The number of urea groups is 1. The first kappa shape index (κ1) is 51.6. The quantitative estimate of drug-likeness (QED) is 0.0967. The van der Waals surface area contributed by atoms with Crippen LogP contribution in [0.2, 0.25) is 0 Å². The molecule has 1 aromatic heterocycles. The number of nitrogens with two attached hydrogens (primary N) is 1. The number of fused-ring (bicyclic) bond motifs is 3. The van der Waals surface area contributed by atoms with Crippen LogP contribution in [0.5, 0.6) is 5.75 Å². The maximum absolute atomic E-state index is 16.7. The minimum Gasteiger partial charge on any atom is -0.490 e. The van der Waals surface area contributed by atoms with Gasteiger partial charge in [-0.05, 0) is 119 Å². The molecular weight excluding hydrogens is 985 g/mol. The van der Waals surface area contributed by atoms with Gasteiger partial charge < -0.3 is 45.2 Å². The van der Waals surface area contributed by atoms with Crippen molar-refractivity contribution < 1.29 is 51.0 Å². The van der Waals surface area contributed by atoms with Crippen LogP contribution in [0, 0.1) is 48.3 Å². The fraction of sp³-hybridized carbons (Fsp3) is 0.526. The molecule has 0 bridgehead atoms. The van der Waals surface area contributed by atoms with E-state index in [0.29, 0.717) is 88.2 Å². The van der Waals surface area contributed by atoms with E-state index in [9.17, 15) is 19.2 Å². The summed E-state index contributed by atoms with van der Waals surface area (Å²) in [6.07, 6.45) is 6.09. The molecule has 5 fully saturated rings. The molecule has 0 spiro atoms. The number of nitrogens with one attached hydrogen (secondary N) is 2. The number of rotatable bonds is 12. The Kier molecular flexibility index (Phi) is 14.1. The van der Waals surface area contributed by atoms with Crippen molar-refractivity contribution >= 4 is 46.4 Å². The number of carbonyl (C=O) groups excluding carboxylic acids is 4. The van der Waals surface area contributed by atoms with E-state index in [1.807, 2.05) is 24.0 Å². The molecule has 402 valence electrons. The second-order valence-electron chi connectivity index (χ2n) is 21.8. The number of amides is 4. The second-order valence-corrected chi connectivity index (χ2v) is 21.8. The van der Waals surface area contributed by atoms with Gasteiger partial charge in [-0.2, -0.15) is 5.10 Å². The standard InChI is InChI=1S/C57H64F4N8O7/c1-31-41(58)27-43-46(45(31)48-39(53(62)71)26-44-52(50(48)61)75-24-23-74-44)32(2)57(76-43,36-7-5-4-6-8-36)30-63-37-11-9-35(10-12-37)55(72)68-20-13-33(14-21-68)28-67-18-15-34(16-19-67)47-42(59)25-40-51(49(47)60)66(3)65-54(40)69-22-17-38(29-70)64-56(69)73/h4-5,7,25,27,29,32-35,37-38,44,63H,9-24,26,28,30H2,1-3H3,(H2,62,71)(H,64,73). The van der Waals surface area contributed by atoms with Gasteiger partial charge in [-0.25, -0.2) is 22.4 Å². The number of benzene rings is 2. The number of primary amides is 1. The summed E-state index contributed by atoms with van der Waals surface area (Å²) in [5, 5.41) is 11.0. The summed E-state index contributed by atoms with van der Waals surface area (Å²) in [5.74, 6) is -3.53. The molecule has 11 rings (SSSR count). The summed E-state index contributed by atoms with van der Waals surface area (Å²) in [7, 11) is 1.58. The molecule has 4 atom stereocenters. The van der Waals surface area contributed by atoms with E-state index in [4.69, 9.17) is 19.9 Å². The third-order valence-electron chi connectivity index (χ3n) is 17.5. The highest BCUT2D eigenvalue weighted by molar-refractivity contribution is 6.05. The molecule has 4 aromatic rings. The number of hydrogen-bond acceptors (Lipinski definition) is 10. The van der Waals surface area contributed by atoms with Crippen LogP contribution in [0.15, 0.2) is 47.5 Å². The molecule has 19 heteroatoms. The van der Waals surface area contributed by atoms with Gasteiger partial charge in [-0.3, -0.25) is 19.2 Å². The van der Waals surface area contributed by atoms with Gasteiger partial charge in [0.15, 0.2) is 28.8 Å². The van der Waals surface area contributed by atoms with Gasteiger partial charge in [-0.15, -0.1) is 0 Å². The molecule has 5 aliphatic heterocycles. The highest BCUT2D eigenvalue weighted by Crippen LogP contribution is 2.56. The lowest BCUT2D eigenvalue weighted by Gasteiger charge is -2.40. The Hall–Kier alpha value is -6.49. The molecule has 4 amide bonds. The number of hydrogen-bond donors (Lipinski definition) is 3. The van der Waals surface area contributed by atoms with Crippen molar-refractivity contribution in [1.29, 1.82) is 0 Å². The summed E-state index contributed by atoms with van der Waals surface area (Å²) in [6, 6.07) is 13.3. The van der Waals surface area contributed by atoms with Gasteiger partial charge in [0, 0.05) is 98.0 Å².